The zero-order valence-corrected chi connectivity index (χ0v) is 9.26. The fraction of sp³-hybridized carbons (Fsp3) is 1.00. The van der Waals surface area contributed by atoms with Crippen LogP contribution in [0, 0.1) is 5.41 Å². The summed E-state index contributed by atoms with van der Waals surface area (Å²) in [7, 11) is 0. The normalized spacial score (nSPS) is 36.4. The molecule has 0 saturated heterocycles. The molecule has 2 fully saturated rings. The Labute approximate surface area is 87.1 Å². The van der Waals surface area contributed by atoms with E-state index in [-0.39, 0.29) is 6.10 Å². The maximum atomic E-state index is 9.79. The predicted molar refractivity (Wildman–Crippen MR) is 58.2 cm³/mol. The third-order valence-electron chi connectivity index (χ3n) is 4.08. The smallest absolute Gasteiger partial charge is 0.0693 e. The quantitative estimate of drug-likeness (QED) is 0.726. The Morgan fingerprint density at radius 3 is 2.50 bits per heavy atom. The van der Waals surface area contributed by atoms with Crippen molar-refractivity contribution in [1.82, 2.24) is 5.32 Å². The zero-order chi connectivity index (χ0) is 10.0. The molecule has 2 atom stereocenters. The van der Waals surface area contributed by atoms with E-state index >= 15 is 0 Å². The van der Waals surface area contributed by atoms with E-state index in [0.29, 0.717) is 11.5 Å². The summed E-state index contributed by atoms with van der Waals surface area (Å²) >= 11 is 0. The Bertz CT molecular complexity index is 189. The van der Waals surface area contributed by atoms with Crippen LogP contribution in [0.5, 0.6) is 0 Å². The van der Waals surface area contributed by atoms with E-state index < -0.39 is 0 Å². The van der Waals surface area contributed by atoms with Gasteiger partial charge >= 0.3 is 0 Å². The molecular weight excluding hydrogens is 174 g/mol. The molecule has 0 spiro atoms. The second-order valence-electron chi connectivity index (χ2n) is 5.50. The lowest BCUT2D eigenvalue weighted by Crippen LogP contribution is -2.47. The van der Waals surface area contributed by atoms with Crippen molar-refractivity contribution in [2.24, 2.45) is 5.41 Å². The van der Waals surface area contributed by atoms with Crippen molar-refractivity contribution in [3.63, 3.8) is 0 Å². The Morgan fingerprint density at radius 1 is 1.21 bits per heavy atom. The molecule has 0 aliphatic heterocycles. The molecular formula is C12H23NO. The lowest BCUT2D eigenvalue weighted by molar-refractivity contribution is 0.0725. The van der Waals surface area contributed by atoms with Crippen molar-refractivity contribution in [2.45, 2.75) is 64.0 Å². The molecule has 0 aromatic heterocycles. The minimum atomic E-state index is -0.0903. The molecule has 0 bridgehead atoms. The number of aliphatic hydroxyl groups excluding tert-OH is 1. The minimum absolute atomic E-state index is 0.0903. The fourth-order valence-electron chi connectivity index (χ4n) is 2.68. The molecule has 0 amide bonds. The van der Waals surface area contributed by atoms with E-state index in [1.54, 1.807) is 0 Å². The summed E-state index contributed by atoms with van der Waals surface area (Å²) in [5.74, 6) is 0. The minimum Gasteiger partial charge on any atom is -0.392 e. The highest BCUT2D eigenvalue weighted by Gasteiger charge is 2.33. The fourth-order valence-corrected chi connectivity index (χ4v) is 2.68. The van der Waals surface area contributed by atoms with Crippen LogP contribution in [0.4, 0.5) is 0 Å². The van der Waals surface area contributed by atoms with Gasteiger partial charge in [-0.1, -0.05) is 26.2 Å². The first-order chi connectivity index (χ1) is 6.70. The highest BCUT2D eigenvalue weighted by Crippen LogP contribution is 2.39. The molecule has 2 aliphatic carbocycles. The van der Waals surface area contributed by atoms with Gasteiger partial charge in [0.05, 0.1) is 6.10 Å². The van der Waals surface area contributed by atoms with Crippen LogP contribution in [0.25, 0.3) is 0 Å². The van der Waals surface area contributed by atoms with Crippen molar-refractivity contribution in [2.75, 3.05) is 6.54 Å². The molecule has 82 valence electrons. The van der Waals surface area contributed by atoms with E-state index in [9.17, 15) is 5.11 Å². The van der Waals surface area contributed by atoms with Gasteiger partial charge in [-0.25, -0.2) is 0 Å². The van der Waals surface area contributed by atoms with Crippen LogP contribution in [0.15, 0.2) is 0 Å². The van der Waals surface area contributed by atoms with E-state index in [0.717, 1.165) is 19.4 Å². The topological polar surface area (TPSA) is 32.3 Å². The summed E-state index contributed by atoms with van der Waals surface area (Å²) in [5, 5.41) is 13.4. The van der Waals surface area contributed by atoms with E-state index in [1.807, 2.05) is 0 Å². The molecule has 2 nitrogen and oxygen atoms in total. The molecule has 0 heterocycles. The predicted octanol–water partition coefficient (Wildman–Crippen LogP) is 2.07. The first kappa shape index (κ1) is 10.4. The number of hydrogen-bond donors (Lipinski definition) is 2. The van der Waals surface area contributed by atoms with Crippen molar-refractivity contribution in [3.8, 4) is 0 Å². The number of rotatable bonds is 3. The summed E-state index contributed by atoms with van der Waals surface area (Å²) in [6.45, 7) is 3.47. The van der Waals surface area contributed by atoms with Crippen LogP contribution in [-0.2, 0) is 0 Å². The van der Waals surface area contributed by atoms with Crippen molar-refractivity contribution >= 4 is 0 Å². The maximum absolute atomic E-state index is 9.79. The van der Waals surface area contributed by atoms with Crippen molar-refractivity contribution < 1.29 is 5.11 Å². The molecule has 2 heteroatoms. The average molecular weight is 197 g/mol. The van der Waals surface area contributed by atoms with Gasteiger partial charge in [-0.05, 0) is 31.1 Å². The van der Waals surface area contributed by atoms with Crippen LogP contribution in [-0.4, -0.2) is 23.8 Å². The van der Waals surface area contributed by atoms with Crippen molar-refractivity contribution in [3.05, 3.63) is 0 Å². The molecule has 0 aromatic rings. The summed E-state index contributed by atoms with van der Waals surface area (Å²) in [6, 6.07) is 0.376. The lowest BCUT2D eigenvalue weighted by atomic mass is 9.70. The summed E-state index contributed by atoms with van der Waals surface area (Å²) in [4.78, 5) is 0. The SMILES string of the molecule is CC1(CN[C@H]2CCCC[C@@H]2O)CCC1. The largest absolute Gasteiger partial charge is 0.392 e. The van der Waals surface area contributed by atoms with Crippen LogP contribution in [0.1, 0.15) is 51.9 Å². The first-order valence-electron chi connectivity index (χ1n) is 6.11. The molecule has 0 unspecified atom stereocenters. The number of hydrogen-bond acceptors (Lipinski definition) is 2. The summed E-state index contributed by atoms with van der Waals surface area (Å²) in [6.07, 6.45) is 8.68. The first-order valence-corrected chi connectivity index (χ1v) is 6.11. The molecule has 2 aliphatic rings. The molecule has 2 saturated carbocycles. The second-order valence-corrected chi connectivity index (χ2v) is 5.50. The summed E-state index contributed by atoms with van der Waals surface area (Å²) < 4.78 is 0. The van der Waals surface area contributed by atoms with Crippen molar-refractivity contribution in [1.29, 1.82) is 0 Å². The van der Waals surface area contributed by atoms with E-state index in [1.165, 1.54) is 32.1 Å². The van der Waals surface area contributed by atoms with Gasteiger partial charge in [0.15, 0.2) is 0 Å². The highest BCUT2D eigenvalue weighted by atomic mass is 16.3. The molecule has 0 radical (unpaired) electrons. The third-order valence-corrected chi connectivity index (χ3v) is 4.08. The van der Waals surface area contributed by atoms with Crippen LogP contribution in [0.2, 0.25) is 0 Å². The van der Waals surface area contributed by atoms with E-state index in [4.69, 9.17) is 0 Å². The standard InChI is InChI=1S/C12H23NO/c1-12(7-4-8-12)9-13-10-5-2-3-6-11(10)14/h10-11,13-14H,2-9H2,1H3/t10-,11-/m0/s1. The monoisotopic (exact) mass is 197 g/mol. The van der Waals surface area contributed by atoms with Gasteiger partial charge in [0.1, 0.15) is 0 Å². The molecule has 14 heavy (non-hydrogen) atoms. The third kappa shape index (κ3) is 2.29. The van der Waals surface area contributed by atoms with E-state index in [2.05, 4.69) is 12.2 Å². The highest BCUT2D eigenvalue weighted by molar-refractivity contribution is 4.88. The molecule has 2 rings (SSSR count). The van der Waals surface area contributed by atoms with Gasteiger partial charge in [0.25, 0.3) is 0 Å². The van der Waals surface area contributed by atoms with Gasteiger partial charge in [0, 0.05) is 12.6 Å². The van der Waals surface area contributed by atoms with Gasteiger partial charge in [-0.2, -0.15) is 0 Å². The van der Waals surface area contributed by atoms with Crippen LogP contribution < -0.4 is 5.32 Å². The van der Waals surface area contributed by atoms with Gasteiger partial charge in [-0.3, -0.25) is 0 Å². The second kappa shape index (κ2) is 4.19. The van der Waals surface area contributed by atoms with Crippen LogP contribution in [0.3, 0.4) is 0 Å². The van der Waals surface area contributed by atoms with Gasteiger partial charge in [0.2, 0.25) is 0 Å². The summed E-state index contributed by atoms with van der Waals surface area (Å²) in [5.41, 5.74) is 0.539. The van der Waals surface area contributed by atoms with Gasteiger partial charge in [-0.15, -0.1) is 0 Å². The zero-order valence-electron chi connectivity index (χ0n) is 9.26. The average Bonchev–Trinajstić information content (AvgIpc) is 2.14. The van der Waals surface area contributed by atoms with Gasteiger partial charge < -0.3 is 10.4 Å². The lowest BCUT2D eigenvalue weighted by Gasteiger charge is -2.41. The Hall–Kier alpha value is -0.0800. The number of aliphatic hydroxyl groups is 1. The maximum Gasteiger partial charge on any atom is 0.0693 e. The Balaban J connectivity index is 1.73. The Morgan fingerprint density at radius 2 is 1.93 bits per heavy atom. The molecule has 2 N–H and O–H groups in total. The van der Waals surface area contributed by atoms with Crippen LogP contribution >= 0.6 is 0 Å². The number of nitrogens with one attached hydrogen (secondary N) is 1. The Kier molecular flexibility index (Phi) is 3.13. The molecule has 0 aromatic carbocycles.